The molecular weight excluding hydrogens is 392 g/mol. The topological polar surface area (TPSA) is 76.4 Å². The molecule has 1 fully saturated rings. The van der Waals surface area contributed by atoms with E-state index in [1.807, 2.05) is 0 Å². The van der Waals surface area contributed by atoms with Gasteiger partial charge in [-0.3, -0.25) is 0 Å². The third-order valence-corrected chi connectivity index (χ3v) is 4.52. The van der Waals surface area contributed by atoms with Crippen LogP contribution in [0.1, 0.15) is 12.8 Å². The fourth-order valence-corrected chi connectivity index (χ4v) is 3.17. The van der Waals surface area contributed by atoms with Gasteiger partial charge in [0.1, 0.15) is 23.7 Å². The number of anilines is 1. The standard InChI is InChI=1S/C18H18F4N6O/c19-12-5-13(20)18(26-10-2-1-3-23-6-10)27-17(12)14-8-24-16-4-11(7-25-28(14)16)29-9-15(21)22/h4-5,7-8,10,15,23H,1-3,6,9H2,(H,26,27)/t10-/m1/s1. The van der Waals surface area contributed by atoms with Crippen molar-refractivity contribution in [3.05, 3.63) is 36.2 Å². The fraction of sp³-hybridized carbons (Fsp3) is 0.389. The maximum absolute atomic E-state index is 14.5. The molecule has 0 unspecified atom stereocenters. The molecule has 11 heteroatoms. The number of hydrogen-bond acceptors (Lipinski definition) is 6. The maximum atomic E-state index is 14.5. The smallest absolute Gasteiger partial charge is 0.272 e. The molecule has 3 aromatic rings. The van der Waals surface area contributed by atoms with Crippen molar-refractivity contribution in [1.82, 2.24) is 24.9 Å². The highest BCUT2D eigenvalue weighted by Crippen LogP contribution is 2.27. The molecule has 1 aliphatic heterocycles. The highest BCUT2D eigenvalue weighted by atomic mass is 19.3. The molecule has 4 heterocycles. The summed E-state index contributed by atoms with van der Waals surface area (Å²) in [5.74, 6) is -1.60. The van der Waals surface area contributed by atoms with Crippen LogP contribution >= 0.6 is 0 Å². The molecule has 0 aliphatic carbocycles. The van der Waals surface area contributed by atoms with Gasteiger partial charge in [-0.15, -0.1) is 0 Å². The van der Waals surface area contributed by atoms with Gasteiger partial charge in [0.15, 0.2) is 23.1 Å². The zero-order chi connectivity index (χ0) is 20.4. The van der Waals surface area contributed by atoms with Crippen LogP contribution in [0, 0.1) is 11.6 Å². The van der Waals surface area contributed by atoms with E-state index in [0.29, 0.717) is 6.54 Å². The van der Waals surface area contributed by atoms with E-state index >= 15 is 0 Å². The minimum Gasteiger partial charge on any atom is -0.486 e. The molecule has 0 bridgehead atoms. The first-order valence-corrected chi connectivity index (χ1v) is 9.09. The van der Waals surface area contributed by atoms with E-state index in [4.69, 9.17) is 4.74 Å². The molecule has 3 aromatic heterocycles. The number of nitrogens with zero attached hydrogens (tertiary/aromatic N) is 4. The minimum absolute atomic E-state index is 0.0149. The SMILES string of the molecule is Fc1cc(F)c(-c2cnc3cc(OCC(F)F)cnn23)nc1N[C@@H]1CCCNC1. The van der Waals surface area contributed by atoms with Crippen LogP contribution in [0.15, 0.2) is 24.5 Å². The molecule has 0 saturated carbocycles. The Labute approximate surface area is 163 Å². The van der Waals surface area contributed by atoms with E-state index in [2.05, 4.69) is 25.7 Å². The van der Waals surface area contributed by atoms with Crippen molar-refractivity contribution in [1.29, 1.82) is 0 Å². The molecule has 29 heavy (non-hydrogen) atoms. The van der Waals surface area contributed by atoms with E-state index in [0.717, 1.165) is 25.5 Å². The molecule has 4 rings (SSSR count). The van der Waals surface area contributed by atoms with E-state index in [1.165, 1.54) is 23.0 Å². The third kappa shape index (κ3) is 4.24. The summed E-state index contributed by atoms with van der Waals surface area (Å²) in [6, 6.07) is 2.15. The second-order valence-electron chi connectivity index (χ2n) is 6.64. The molecule has 0 spiro atoms. The second kappa shape index (κ2) is 8.19. The van der Waals surface area contributed by atoms with Gasteiger partial charge in [0.2, 0.25) is 0 Å². The second-order valence-corrected chi connectivity index (χ2v) is 6.64. The van der Waals surface area contributed by atoms with Crippen LogP contribution in [0.3, 0.4) is 0 Å². The average Bonchev–Trinajstić information content (AvgIpc) is 3.12. The van der Waals surface area contributed by atoms with Gasteiger partial charge in [-0.05, 0) is 19.4 Å². The van der Waals surface area contributed by atoms with Crippen molar-refractivity contribution in [2.75, 3.05) is 25.0 Å². The molecule has 1 atom stereocenters. The Morgan fingerprint density at radius 3 is 2.86 bits per heavy atom. The zero-order valence-corrected chi connectivity index (χ0v) is 15.2. The average molecular weight is 410 g/mol. The maximum Gasteiger partial charge on any atom is 0.272 e. The number of hydrogen-bond donors (Lipinski definition) is 2. The molecule has 0 aromatic carbocycles. The summed E-state index contributed by atoms with van der Waals surface area (Å²) in [6.45, 7) is 0.788. The first kappa shape index (κ1) is 19.4. The molecule has 2 N–H and O–H groups in total. The Hall–Kier alpha value is -2.95. The number of alkyl halides is 2. The Morgan fingerprint density at radius 2 is 2.10 bits per heavy atom. The summed E-state index contributed by atoms with van der Waals surface area (Å²) >= 11 is 0. The van der Waals surface area contributed by atoms with Crippen molar-refractivity contribution < 1.29 is 22.3 Å². The monoisotopic (exact) mass is 410 g/mol. The number of ether oxygens (including phenoxy) is 1. The normalized spacial score (nSPS) is 17.1. The van der Waals surface area contributed by atoms with Crippen LogP contribution in [0.25, 0.3) is 17.0 Å². The summed E-state index contributed by atoms with van der Waals surface area (Å²) in [6.07, 6.45) is 1.72. The Morgan fingerprint density at radius 1 is 1.24 bits per heavy atom. The predicted octanol–water partition coefficient (Wildman–Crippen LogP) is 2.88. The van der Waals surface area contributed by atoms with Crippen LogP contribution in [0.2, 0.25) is 0 Å². The van der Waals surface area contributed by atoms with Gasteiger partial charge in [0, 0.05) is 24.7 Å². The fourth-order valence-electron chi connectivity index (χ4n) is 3.17. The van der Waals surface area contributed by atoms with Gasteiger partial charge >= 0.3 is 0 Å². The van der Waals surface area contributed by atoms with E-state index in [1.54, 1.807) is 0 Å². The van der Waals surface area contributed by atoms with Crippen LogP contribution in [-0.2, 0) is 0 Å². The van der Waals surface area contributed by atoms with Gasteiger partial charge < -0.3 is 15.4 Å². The number of halogens is 4. The lowest BCUT2D eigenvalue weighted by atomic mass is 10.1. The molecule has 0 amide bonds. The number of piperidine rings is 1. The number of fused-ring (bicyclic) bond motifs is 1. The number of nitrogens with one attached hydrogen (secondary N) is 2. The molecule has 7 nitrogen and oxygen atoms in total. The lowest BCUT2D eigenvalue weighted by Crippen LogP contribution is -2.38. The van der Waals surface area contributed by atoms with Gasteiger partial charge in [-0.2, -0.15) is 5.10 Å². The van der Waals surface area contributed by atoms with Gasteiger partial charge in [-0.1, -0.05) is 0 Å². The number of imidazole rings is 1. The summed E-state index contributed by atoms with van der Waals surface area (Å²) < 4.78 is 59.5. The van der Waals surface area contributed by atoms with Crippen LogP contribution in [0.4, 0.5) is 23.4 Å². The summed E-state index contributed by atoms with van der Waals surface area (Å²) in [7, 11) is 0. The lowest BCUT2D eigenvalue weighted by molar-refractivity contribution is 0.0817. The quantitative estimate of drug-likeness (QED) is 0.609. The van der Waals surface area contributed by atoms with Gasteiger partial charge in [0.05, 0.1) is 12.4 Å². The Kier molecular flexibility index (Phi) is 5.47. The Balaban J connectivity index is 1.64. The van der Waals surface area contributed by atoms with E-state index < -0.39 is 24.7 Å². The Bertz CT molecular complexity index is 1010. The van der Waals surface area contributed by atoms with E-state index in [-0.39, 0.29) is 34.6 Å². The lowest BCUT2D eigenvalue weighted by Gasteiger charge is -2.24. The molecule has 0 radical (unpaired) electrons. The van der Waals surface area contributed by atoms with Gasteiger partial charge in [0.25, 0.3) is 6.43 Å². The first-order chi connectivity index (χ1) is 14.0. The summed E-state index contributed by atoms with van der Waals surface area (Å²) in [4.78, 5) is 8.21. The molecule has 1 saturated heterocycles. The van der Waals surface area contributed by atoms with Crippen molar-refractivity contribution in [2.45, 2.75) is 25.3 Å². The largest absolute Gasteiger partial charge is 0.486 e. The highest BCUT2D eigenvalue weighted by molar-refractivity contribution is 5.62. The third-order valence-electron chi connectivity index (χ3n) is 4.52. The van der Waals surface area contributed by atoms with Crippen molar-refractivity contribution in [3.8, 4) is 17.1 Å². The van der Waals surface area contributed by atoms with Crippen LogP contribution in [-0.4, -0.2) is 51.7 Å². The van der Waals surface area contributed by atoms with Crippen molar-refractivity contribution in [2.24, 2.45) is 0 Å². The minimum atomic E-state index is -2.62. The van der Waals surface area contributed by atoms with Crippen LogP contribution in [0.5, 0.6) is 5.75 Å². The van der Waals surface area contributed by atoms with Crippen molar-refractivity contribution >= 4 is 11.5 Å². The van der Waals surface area contributed by atoms with Crippen LogP contribution < -0.4 is 15.4 Å². The number of aromatic nitrogens is 4. The first-order valence-electron chi connectivity index (χ1n) is 9.09. The highest BCUT2D eigenvalue weighted by Gasteiger charge is 2.20. The molecule has 1 aliphatic rings. The number of pyridine rings is 1. The van der Waals surface area contributed by atoms with E-state index in [9.17, 15) is 17.6 Å². The predicted molar refractivity (Wildman–Crippen MR) is 97.1 cm³/mol. The zero-order valence-electron chi connectivity index (χ0n) is 15.2. The summed E-state index contributed by atoms with van der Waals surface area (Å²) in [5.41, 5.74) is 0.324. The number of rotatable bonds is 6. The summed E-state index contributed by atoms with van der Waals surface area (Å²) in [5, 5.41) is 10.3. The molecule has 154 valence electrons. The molecular formula is C18H18F4N6O. The van der Waals surface area contributed by atoms with Gasteiger partial charge in [-0.25, -0.2) is 32.0 Å². The van der Waals surface area contributed by atoms with Crippen molar-refractivity contribution in [3.63, 3.8) is 0 Å².